The molecule has 0 bridgehead atoms. The van der Waals surface area contributed by atoms with Gasteiger partial charge in [0, 0.05) is 16.2 Å². The Hall–Kier alpha value is -1.56. The van der Waals surface area contributed by atoms with Crippen molar-refractivity contribution >= 4 is 15.9 Å². The lowest BCUT2D eigenvalue weighted by Gasteiger charge is -2.08. The van der Waals surface area contributed by atoms with Crippen LogP contribution >= 0.6 is 15.9 Å². The Labute approximate surface area is 111 Å². The van der Waals surface area contributed by atoms with Crippen LogP contribution in [0.5, 0.6) is 11.6 Å². The number of nitrogens with zero attached hydrogens (tertiary/aromatic N) is 2. The van der Waals surface area contributed by atoms with E-state index in [2.05, 4.69) is 25.9 Å². The van der Waals surface area contributed by atoms with Gasteiger partial charge in [-0.2, -0.15) is 9.37 Å². The Balaban J connectivity index is 2.39. The molecule has 1 aromatic carbocycles. The summed E-state index contributed by atoms with van der Waals surface area (Å²) in [4.78, 5) is 8.06. The summed E-state index contributed by atoms with van der Waals surface area (Å²) < 4.78 is 32.3. The number of hydrogen-bond acceptors (Lipinski definition) is 3. The highest BCUT2D eigenvalue weighted by Gasteiger charge is 2.13. The van der Waals surface area contributed by atoms with Crippen molar-refractivity contribution in [3.05, 3.63) is 45.8 Å². The molecule has 0 radical (unpaired) electrons. The van der Waals surface area contributed by atoms with Crippen molar-refractivity contribution in [2.75, 3.05) is 0 Å². The topological polar surface area (TPSA) is 35.0 Å². The Kier molecular flexibility index (Phi) is 3.56. The summed E-state index contributed by atoms with van der Waals surface area (Å²) in [6.45, 7) is 3.46. The average molecular weight is 315 g/mol. The van der Waals surface area contributed by atoms with Crippen molar-refractivity contribution in [1.29, 1.82) is 0 Å². The molecule has 1 heterocycles. The van der Waals surface area contributed by atoms with Crippen molar-refractivity contribution in [3.63, 3.8) is 0 Å². The van der Waals surface area contributed by atoms with Crippen molar-refractivity contribution < 1.29 is 13.5 Å². The fourth-order valence-electron chi connectivity index (χ4n) is 1.45. The summed E-state index contributed by atoms with van der Waals surface area (Å²) in [6, 6.07) is 3.91. The van der Waals surface area contributed by atoms with Crippen LogP contribution < -0.4 is 4.74 Å². The molecule has 0 amide bonds. The molecular formula is C12H9BrF2N2O. The van der Waals surface area contributed by atoms with E-state index in [1.807, 2.05) is 0 Å². The number of halogens is 3. The minimum Gasteiger partial charge on any atom is -0.436 e. The van der Waals surface area contributed by atoms with Gasteiger partial charge >= 0.3 is 0 Å². The minimum atomic E-state index is -1.05. The number of ether oxygens (including phenoxy) is 1. The van der Waals surface area contributed by atoms with Crippen LogP contribution in [0.2, 0.25) is 0 Å². The molecule has 0 aliphatic heterocycles. The van der Waals surface area contributed by atoms with Gasteiger partial charge in [0.15, 0.2) is 11.6 Å². The number of aromatic nitrogens is 2. The summed E-state index contributed by atoms with van der Waals surface area (Å²) in [5.74, 6) is -1.58. The molecule has 2 rings (SSSR count). The van der Waals surface area contributed by atoms with Crippen molar-refractivity contribution in [2.24, 2.45) is 0 Å². The van der Waals surface area contributed by atoms with Gasteiger partial charge < -0.3 is 4.74 Å². The number of rotatable bonds is 2. The zero-order chi connectivity index (χ0) is 13.3. The molecule has 0 fully saturated rings. The van der Waals surface area contributed by atoms with E-state index in [9.17, 15) is 8.78 Å². The van der Waals surface area contributed by atoms with Gasteiger partial charge in [-0.3, -0.25) is 0 Å². The Morgan fingerprint density at radius 3 is 2.50 bits per heavy atom. The second-order valence-electron chi connectivity index (χ2n) is 3.70. The van der Waals surface area contributed by atoms with E-state index < -0.39 is 11.6 Å². The molecule has 3 nitrogen and oxygen atoms in total. The lowest BCUT2D eigenvalue weighted by atomic mass is 10.3. The Morgan fingerprint density at radius 2 is 1.83 bits per heavy atom. The summed E-state index contributed by atoms with van der Waals surface area (Å²) in [7, 11) is 0. The molecule has 0 N–H and O–H groups in total. The van der Waals surface area contributed by atoms with Gasteiger partial charge in [0.1, 0.15) is 5.82 Å². The van der Waals surface area contributed by atoms with Crippen LogP contribution in [0.1, 0.15) is 11.5 Å². The molecule has 0 aliphatic carbocycles. The van der Waals surface area contributed by atoms with E-state index in [1.165, 1.54) is 6.07 Å². The fourth-order valence-corrected chi connectivity index (χ4v) is 1.86. The van der Waals surface area contributed by atoms with Gasteiger partial charge in [-0.05, 0) is 26.0 Å². The van der Waals surface area contributed by atoms with Crippen LogP contribution in [0.25, 0.3) is 0 Å². The van der Waals surface area contributed by atoms with Crippen LogP contribution in [0.3, 0.4) is 0 Å². The standard InChI is InChI=1S/C12H9BrF2N2O/c1-6-3-11(17-7(2)16-6)18-10-5-8(13)4-9(14)12(10)15/h3-5H,1-2H3. The van der Waals surface area contributed by atoms with Gasteiger partial charge in [0.05, 0.1) is 0 Å². The van der Waals surface area contributed by atoms with E-state index in [-0.39, 0.29) is 11.6 Å². The van der Waals surface area contributed by atoms with E-state index in [0.29, 0.717) is 16.0 Å². The maximum absolute atomic E-state index is 13.5. The van der Waals surface area contributed by atoms with Gasteiger partial charge in [0.25, 0.3) is 0 Å². The van der Waals surface area contributed by atoms with Gasteiger partial charge in [-0.1, -0.05) is 15.9 Å². The van der Waals surface area contributed by atoms with Crippen molar-refractivity contribution in [1.82, 2.24) is 9.97 Å². The predicted molar refractivity (Wildman–Crippen MR) is 65.6 cm³/mol. The van der Waals surface area contributed by atoms with E-state index >= 15 is 0 Å². The molecular weight excluding hydrogens is 306 g/mol. The van der Waals surface area contributed by atoms with Gasteiger partial charge in [-0.15, -0.1) is 0 Å². The predicted octanol–water partition coefficient (Wildman–Crippen LogP) is 3.93. The third kappa shape index (κ3) is 2.81. The van der Waals surface area contributed by atoms with E-state index in [0.717, 1.165) is 6.07 Å². The molecule has 6 heteroatoms. The van der Waals surface area contributed by atoms with E-state index in [1.54, 1.807) is 19.9 Å². The zero-order valence-electron chi connectivity index (χ0n) is 9.67. The highest BCUT2D eigenvalue weighted by Crippen LogP contribution is 2.28. The first-order valence-corrected chi connectivity index (χ1v) is 5.89. The smallest absolute Gasteiger partial charge is 0.222 e. The van der Waals surface area contributed by atoms with Crippen LogP contribution in [0.15, 0.2) is 22.7 Å². The monoisotopic (exact) mass is 314 g/mol. The van der Waals surface area contributed by atoms with E-state index in [4.69, 9.17) is 4.74 Å². The maximum Gasteiger partial charge on any atom is 0.222 e. The second kappa shape index (κ2) is 4.97. The highest BCUT2D eigenvalue weighted by atomic mass is 79.9. The molecule has 0 saturated carbocycles. The van der Waals surface area contributed by atoms with Crippen molar-refractivity contribution in [3.8, 4) is 11.6 Å². The lowest BCUT2D eigenvalue weighted by Crippen LogP contribution is -1.97. The number of hydrogen-bond donors (Lipinski definition) is 0. The van der Waals surface area contributed by atoms with Gasteiger partial charge in [-0.25, -0.2) is 9.37 Å². The normalized spacial score (nSPS) is 10.5. The average Bonchev–Trinajstić information content (AvgIpc) is 2.23. The van der Waals surface area contributed by atoms with Crippen LogP contribution in [0.4, 0.5) is 8.78 Å². The lowest BCUT2D eigenvalue weighted by molar-refractivity contribution is 0.403. The second-order valence-corrected chi connectivity index (χ2v) is 4.61. The first-order valence-electron chi connectivity index (χ1n) is 5.10. The quantitative estimate of drug-likeness (QED) is 0.788. The summed E-state index contributed by atoms with van der Waals surface area (Å²) in [6.07, 6.45) is 0. The molecule has 94 valence electrons. The third-order valence-corrected chi connectivity index (χ3v) is 2.57. The SMILES string of the molecule is Cc1cc(Oc2cc(Br)cc(F)c2F)nc(C)n1. The van der Waals surface area contributed by atoms with Crippen LogP contribution in [-0.2, 0) is 0 Å². The fraction of sp³-hybridized carbons (Fsp3) is 0.167. The largest absolute Gasteiger partial charge is 0.436 e. The zero-order valence-corrected chi connectivity index (χ0v) is 11.3. The van der Waals surface area contributed by atoms with Gasteiger partial charge in [0.2, 0.25) is 11.7 Å². The summed E-state index contributed by atoms with van der Waals surface area (Å²) >= 11 is 3.07. The minimum absolute atomic E-state index is 0.177. The maximum atomic E-state index is 13.5. The Morgan fingerprint density at radius 1 is 1.11 bits per heavy atom. The summed E-state index contributed by atoms with van der Waals surface area (Å²) in [5.41, 5.74) is 0.688. The van der Waals surface area contributed by atoms with Crippen molar-refractivity contribution in [2.45, 2.75) is 13.8 Å². The third-order valence-electron chi connectivity index (χ3n) is 2.12. The van der Waals surface area contributed by atoms with Crippen LogP contribution in [0, 0.1) is 25.5 Å². The Bertz CT molecular complexity index is 585. The molecule has 1 aromatic heterocycles. The molecule has 2 aromatic rings. The molecule has 0 spiro atoms. The molecule has 0 atom stereocenters. The first kappa shape index (κ1) is 12.9. The first-order chi connectivity index (χ1) is 8.45. The molecule has 0 saturated heterocycles. The highest BCUT2D eigenvalue weighted by molar-refractivity contribution is 9.10. The molecule has 0 aliphatic rings. The molecule has 18 heavy (non-hydrogen) atoms. The number of aryl methyl sites for hydroxylation is 2. The van der Waals surface area contributed by atoms with Crippen LogP contribution in [-0.4, -0.2) is 9.97 Å². The summed E-state index contributed by atoms with van der Waals surface area (Å²) in [5, 5.41) is 0. The molecule has 0 unspecified atom stereocenters. The number of benzene rings is 1.